The molecular formula is C25H21BrN2O3. The number of methoxy groups -OCH3 is 1. The van der Waals surface area contributed by atoms with Crippen molar-refractivity contribution in [2.75, 3.05) is 12.4 Å². The monoisotopic (exact) mass is 476 g/mol. The largest absolute Gasteiger partial charge is 0.497 e. The molecule has 3 aromatic rings. The predicted octanol–water partition coefficient (Wildman–Crippen LogP) is 5.89. The molecule has 0 saturated carbocycles. The van der Waals surface area contributed by atoms with E-state index in [0.717, 1.165) is 15.6 Å². The zero-order valence-corrected chi connectivity index (χ0v) is 18.8. The summed E-state index contributed by atoms with van der Waals surface area (Å²) in [7, 11) is 1.57. The van der Waals surface area contributed by atoms with Gasteiger partial charge in [0.15, 0.2) is 0 Å². The summed E-state index contributed by atoms with van der Waals surface area (Å²) >= 11 is 3.41. The molecule has 0 aliphatic rings. The molecule has 1 N–H and O–H groups in total. The average Bonchev–Trinajstić information content (AvgIpc) is 2.79. The first-order valence-electron chi connectivity index (χ1n) is 9.54. The molecule has 0 saturated heterocycles. The molecule has 31 heavy (non-hydrogen) atoms. The van der Waals surface area contributed by atoms with Gasteiger partial charge in [-0.25, -0.2) is 0 Å². The molecule has 156 valence electrons. The molecule has 0 bridgehead atoms. The summed E-state index contributed by atoms with van der Waals surface area (Å²) in [4.78, 5) is 12.7. The van der Waals surface area contributed by atoms with Gasteiger partial charge in [-0.2, -0.15) is 5.26 Å². The van der Waals surface area contributed by atoms with Crippen LogP contribution in [0.2, 0.25) is 0 Å². The fraction of sp³-hybridized carbons (Fsp3) is 0.120. The Hall–Kier alpha value is -3.56. The van der Waals surface area contributed by atoms with Crippen LogP contribution < -0.4 is 14.8 Å². The molecule has 3 rings (SSSR count). The van der Waals surface area contributed by atoms with Crippen molar-refractivity contribution >= 4 is 33.6 Å². The molecular weight excluding hydrogens is 456 g/mol. The zero-order chi connectivity index (χ0) is 22.2. The van der Waals surface area contributed by atoms with Crippen LogP contribution in [-0.2, 0) is 11.4 Å². The number of carbonyl (C=O) groups excluding carboxylic acids is 1. The van der Waals surface area contributed by atoms with Crippen molar-refractivity contribution in [2.45, 2.75) is 13.5 Å². The second-order valence-corrected chi connectivity index (χ2v) is 7.67. The topological polar surface area (TPSA) is 71.3 Å². The Morgan fingerprint density at radius 1 is 1.13 bits per heavy atom. The molecule has 0 aliphatic heterocycles. The van der Waals surface area contributed by atoms with Gasteiger partial charge in [-0.1, -0.05) is 46.3 Å². The highest BCUT2D eigenvalue weighted by molar-refractivity contribution is 9.10. The van der Waals surface area contributed by atoms with Crippen LogP contribution in [0.1, 0.15) is 16.7 Å². The van der Waals surface area contributed by atoms with Crippen molar-refractivity contribution in [1.29, 1.82) is 5.26 Å². The number of para-hydroxylation sites is 1. The van der Waals surface area contributed by atoms with Crippen LogP contribution >= 0.6 is 15.9 Å². The number of rotatable bonds is 7. The van der Waals surface area contributed by atoms with Crippen LogP contribution in [0.5, 0.6) is 11.5 Å². The van der Waals surface area contributed by atoms with E-state index in [1.165, 1.54) is 6.08 Å². The van der Waals surface area contributed by atoms with Gasteiger partial charge in [0.2, 0.25) is 0 Å². The van der Waals surface area contributed by atoms with Crippen molar-refractivity contribution in [3.8, 4) is 17.6 Å². The predicted molar refractivity (Wildman–Crippen MR) is 125 cm³/mol. The molecule has 1 amide bonds. The maximum atomic E-state index is 12.7. The molecule has 0 aromatic heterocycles. The van der Waals surface area contributed by atoms with Crippen molar-refractivity contribution < 1.29 is 14.3 Å². The van der Waals surface area contributed by atoms with E-state index in [9.17, 15) is 10.1 Å². The average molecular weight is 477 g/mol. The normalized spacial score (nSPS) is 10.8. The molecule has 6 heteroatoms. The number of hydrogen-bond donors (Lipinski definition) is 1. The highest BCUT2D eigenvalue weighted by Gasteiger charge is 2.13. The minimum atomic E-state index is -0.480. The standard InChI is InChI=1S/C25H21BrN2O3/c1-17-5-3-4-6-23(17)28-25(29)20(15-27)13-19-9-12-22(30-2)14-24(19)31-16-18-7-10-21(26)11-8-18/h3-14H,16H2,1-2H3,(H,28,29)/b20-13+. The van der Waals surface area contributed by atoms with E-state index in [0.29, 0.717) is 29.4 Å². The van der Waals surface area contributed by atoms with Crippen LogP contribution in [0, 0.1) is 18.3 Å². The first-order valence-corrected chi connectivity index (χ1v) is 10.3. The van der Waals surface area contributed by atoms with E-state index >= 15 is 0 Å². The maximum Gasteiger partial charge on any atom is 0.266 e. The van der Waals surface area contributed by atoms with E-state index in [2.05, 4.69) is 21.2 Å². The Labute approximate surface area is 190 Å². The van der Waals surface area contributed by atoms with Gasteiger partial charge in [0, 0.05) is 21.8 Å². The minimum Gasteiger partial charge on any atom is -0.497 e. The van der Waals surface area contributed by atoms with E-state index < -0.39 is 5.91 Å². The number of carbonyl (C=O) groups is 1. The van der Waals surface area contributed by atoms with Gasteiger partial charge >= 0.3 is 0 Å². The highest BCUT2D eigenvalue weighted by Crippen LogP contribution is 2.28. The fourth-order valence-electron chi connectivity index (χ4n) is 2.83. The lowest BCUT2D eigenvalue weighted by molar-refractivity contribution is -0.112. The smallest absolute Gasteiger partial charge is 0.266 e. The van der Waals surface area contributed by atoms with Crippen molar-refractivity contribution in [2.24, 2.45) is 0 Å². The van der Waals surface area contributed by atoms with Gasteiger partial charge in [-0.15, -0.1) is 0 Å². The quantitative estimate of drug-likeness (QED) is 0.340. The summed E-state index contributed by atoms with van der Waals surface area (Å²) in [6, 6.07) is 22.4. The fourth-order valence-corrected chi connectivity index (χ4v) is 3.10. The number of hydrogen-bond acceptors (Lipinski definition) is 4. The van der Waals surface area contributed by atoms with Crippen molar-refractivity contribution in [3.63, 3.8) is 0 Å². The molecule has 0 radical (unpaired) electrons. The van der Waals surface area contributed by atoms with Gasteiger partial charge in [-0.05, 0) is 54.5 Å². The Morgan fingerprint density at radius 2 is 1.87 bits per heavy atom. The Balaban J connectivity index is 1.86. The third-order valence-corrected chi connectivity index (χ3v) is 5.12. The van der Waals surface area contributed by atoms with E-state index in [1.54, 1.807) is 31.4 Å². The van der Waals surface area contributed by atoms with E-state index in [-0.39, 0.29) is 5.57 Å². The molecule has 0 unspecified atom stereocenters. The summed E-state index contributed by atoms with van der Waals surface area (Å²) in [6.45, 7) is 2.22. The van der Waals surface area contributed by atoms with Gasteiger partial charge in [0.25, 0.3) is 5.91 Å². The molecule has 0 fully saturated rings. The first-order chi connectivity index (χ1) is 15.0. The third-order valence-electron chi connectivity index (χ3n) is 4.59. The van der Waals surface area contributed by atoms with E-state index in [1.807, 2.05) is 55.5 Å². The second kappa shape index (κ2) is 10.5. The van der Waals surface area contributed by atoms with Gasteiger partial charge in [0.05, 0.1) is 7.11 Å². The van der Waals surface area contributed by atoms with E-state index in [4.69, 9.17) is 9.47 Å². The Kier molecular flexibility index (Phi) is 7.47. The van der Waals surface area contributed by atoms with Crippen LogP contribution in [0.25, 0.3) is 6.08 Å². The minimum absolute atomic E-state index is 0.0260. The van der Waals surface area contributed by atoms with Gasteiger partial charge in [-0.3, -0.25) is 4.79 Å². The summed E-state index contributed by atoms with van der Waals surface area (Å²) in [5.74, 6) is 0.649. The highest BCUT2D eigenvalue weighted by atomic mass is 79.9. The summed E-state index contributed by atoms with van der Waals surface area (Å²) in [5.41, 5.74) is 3.14. The lowest BCUT2D eigenvalue weighted by atomic mass is 10.1. The molecule has 3 aromatic carbocycles. The number of nitrogens with one attached hydrogen (secondary N) is 1. The Morgan fingerprint density at radius 3 is 2.55 bits per heavy atom. The lowest BCUT2D eigenvalue weighted by Gasteiger charge is -2.12. The number of nitrogens with zero attached hydrogens (tertiary/aromatic N) is 1. The van der Waals surface area contributed by atoms with Crippen molar-refractivity contribution in [3.05, 3.63) is 93.5 Å². The zero-order valence-electron chi connectivity index (χ0n) is 17.2. The molecule has 0 aliphatic carbocycles. The molecule has 0 spiro atoms. The Bertz CT molecular complexity index is 1150. The number of nitriles is 1. The maximum absolute atomic E-state index is 12.7. The summed E-state index contributed by atoms with van der Waals surface area (Å²) in [5, 5.41) is 12.4. The van der Waals surface area contributed by atoms with Crippen LogP contribution in [0.4, 0.5) is 5.69 Å². The second-order valence-electron chi connectivity index (χ2n) is 6.76. The molecule has 0 atom stereocenters. The molecule has 5 nitrogen and oxygen atoms in total. The SMILES string of the molecule is COc1ccc(/C=C(\C#N)C(=O)Nc2ccccc2C)c(OCc2ccc(Br)cc2)c1. The molecule has 0 heterocycles. The lowest BCUT2D eigenvalue weighted by Crippen LogP contribution is -2.14. The number of ether oxygens (including phenoxy) is 2. The van der Waals surface area contributed by atoms with Crippen LogP contribution in [0.15, 0.2) is 76.8 Å². The third kappa shape index (κ3) is 5.97. The van der Waals surface area contributed by atoms with Crippen LogP contribution in [0.3, 0.4) is 0 Å². The van der Waals surface area contributed by atoms with Crippen LogP contribution in [-0.4, -0.2) is 13.0 Å². The van der Waals surface area contributed by atoms with Gasteiger partial charge in [0.1, 0.15) is 29.7 Å². The number of aryl methyl sites for hydroxylation is 1. The van der Waals surface area contributed by atoms with Crippen molar-refractivity contribution in [1.82, 2.24) is 0 Å². The number of anilines is 1. The van der Waals surface area contributed by atoms with Gasteiger partial charge < -0.3 is 14.8 Å². The summed E-state index contributed by atoms with van der Waals surface area (Å²) in [6.07, 6.45) is 1.52. The first kappa shape index (κ1) is 22.1. The number of benzene rings is 3. The number of amides is 1. The summed E-state index contributed by atoms with van der Waals surface area (Å²) < 4.78 is 12.3. The number of halogens is 1.